The van der Waals surface area contributed by atoms with E-state index in [1.54, 1.807) is 17.0 Å². The van der Waals surface area contributed by atoms with Gasteiger partial charge in [-0.05, 0) is 32.9 Å². The van der Waals surface area contributed by atoms with E-state index in [0.29, 0.717) is 24.1 Å². The zero-order valence-corrected chi connectivity index (χ0v) is 12.9. The molecule has 3 rings (SSSR count). The number of H-pyrrole nitrogens is 1. The van der Waals surface area contributed by atoms with E-state index < -0.39 is 0 Å². The average molecular weight is 301 g/mol. The Balaban J connectivity index is 1.99. The van der Waals surface area contributed by atoms with Crippen LogP contribution >= 0.6 is 0 Å². The number of aryl methyl sites for hydroxylation is 1. The monoisotopic (exact) mass is 301 g/mol. The molecule has 116 valence electrons. The maximum atomic E-state index is 12.7. The molecular formula is C16H19N3O3. The lowest BCUT2D eigenvalue weighted by Gasteiger charge is -2.35. The molecule has 2 aromatic heterocycles. The van der Waals surface area contributed by atoms with E-state index in [4.69, 9.17) is 4.74 Å². The van der Waals surface area contributed by atoms with Crippen molar-refractivity contribution >= 4 is 16.9 Å². The van der Waals surface area contributed by atoms with Gasteiger partial charge < -0.3 is 14.6 Å². The number of hydrogen-bond donors (Lipinski definition) is 1. The Labute approximate surface area is 128 Å². The molecule has 0 saturated carbocycles. The summed E-state index contributed by atoms with van der Waals surface area (Å²) in [6.07, 6.45) is 1.40. The number of ether oxygens (including phenoxy) is 1. The van der Waals surface area contributed by atoms with Crippen LogP contribution in [0.3, 0.4) is 0 Å². The van der Waals surface area contributed by atoms with Crippen LogP contribution in [0.25, 0.3) is 11.0 Å². The van der Waals surface area contributed by atoms with Gasteiger partial charge in [0.05, 0.1) is 17.6 Å². The van der Waals surface area contributed by atoms with Crippen LogP contribution in [0.2, 0.25) is 0 Å². The van der Waals surface area contributed by atoms with Gasteiger partial charge in [-0.1, -0.05) is 0 Å². The van der Waals surface area contributed by atoms with Gasteiger partial charge in [-0.3, -0.25) is 9.59 Å². The van der Waals surface area contributed by atoms with Crippen molar-refractivity contribution in [3.63, 3.8) is 0 Å². The number of carbonyl (C=O) groups excluding carboxylic acids is 1. The summed E-state index contributed by atoms with van der Waals surface area (Å²) >= 11 is 0. The number of pyridine rings is 2. The van der Waals surface area contributed by atoms with E-state index in [-0.39, 0.29) is 29.1 Å². The summed E-state index contributed by atoms with van der Waals surface area (Å²) in [7, 11) is 0. The molecule has 2 unspecified atom stereocenters. The molecule has 1 N–H and O–H groups in total. The lowest BCUT2D eigenvalue weighted by atomic mass is 10.1. The van der Waals surface area contributed by atoms with Crippen LogP contribution in [0.1, 0.15) is 29.9 Å². The Hall–Kier alpha value is -2.21. The molecule has 2 atom stereocenters. The molecule has 1 saturated heterocycles. The van der Waals surface area contributed by atoms with Crippen LogP contribution in [-0.4, -0.2) is 46.1 Å². The van der Waals surface area contributed by atoms with Crippen molar-refractivity contribution in [2.45, 2.75) is 33.0 Å². The van der Waals surface area contributed by atoms with Crippen LogP contribution < -0.4 is 5.43 Å². The third-order valence-electron chi connectivity index (χ3n) is 3.81. The first kappa shape index (κ1) is 14.7. The first-order chi connectivity index (χ1) is 10.5. The van der Waals surface area contributed by atoms with Gasteiger partial charge in [-0.15, -0.1) is 0 Å². The Morgan fingerprint density at radius 1 is 1.32 bits per heavy atom. The molecule has 6 nitrogen and oxygen atoms in total. The zero-order valence-electron chi connectivity index (χ0n) is 12.9. The molecule has 2 aromatic rings. The van der Waals surface area contributed by atoms with E-state index in [1.165, 1.54) is 6.20 Å². The van der Waals surface area contributed by atoms with E-state index in [2.05, 4.69) is 9.97 Å². The largest absolute Gasteiger partial charge is 0.372 e. The van der Waals surface area contributed by atoms with E-state index >= 15 is 0 Å². The molecule has 3 heterocycles. The van der Waals surface area contributed by atoms with Crippen molar-refractivity contribution in [2.75, 3.05) is 13.1 Å². The predicted octanol–water partition coefficient (Wildman–Crippen LogP) is 1.48. The number of amides is 1. The number of aromatic nitrogens is 2. The van der Waals surface area contributed by atoms with Gasteiger partial charge in [0.15, 0.2) is 0 Å². The number of nitrogens with zero attached hydrogens (tertiary/aromatic N) is 2. The maximum Gasteiger partial charge on any atom is 0.259 e. The molecule has 0 spiro atoms. The molecule has 6 heteroatoms. The van der Waals surface area contributed by atoms with Crippen molar-refractivity contribution in [1.29, 1.82) is 0 Å². The molecule has 1 fully saturated rings. The van der Waals surface area contributed by atoms with Crippen molar-refractivity contribution in [3.8, 4) is 0 Å². The van der Waals surface area contributed by atoms with Gasteiger partial charge in [0.25, 0.3) is 5.91 Å². The van der Waals surface area contributed by atoms with Crippen LogP contribution in [-0.2, 0) is 4.74 Å². The van der Waals surface area contributed by atoms with E-state index in [1.807, 2.05) is 20.8 Å². The SMILES string of the molecule is Cc1ccc2c(=O)c(C(=O)N3CC(C)OC(C)C3)c[nH]c2n1. The van der Waals surface area contributed by atoms with Crippen LogP contribution in [0.4, 0.5) is 0 Å². The molecule has 1 aliphatic rings. The Morgan fingerprint density at radius 2 is 2.00 bits per heavy atom. The van der Waals surface area contributed by atoms with E-state index in [0.717, 1.165) is 5.69 Å². The molecule has 0 radical (unpaired) electrons. The molecule has 1 aliphatic heterocycles. The zero-order chi connectivity index (χ0) is 15.9. The second-order valence-corrected chi connectivity index (χ2v) is 5.85. The predicted molar refractivity (Wildman–Crippen MR) is 83.0 cm³/mol. The Bertz CT molecular complexity index is 774. The van der Waals surface area contributed by atoms with Crippen LogP contribution in [0, 0.1) is 6.92 Å². The molecule has 22 heavy (non-hydrogen) atoms. The third kappa shape index (κ3) is 2.62. The summed E-state index contributed by atoms with van der Waals surface area (Å²) in [5.74, 6) is -0.259. The normalized spacial score (nSPS) is 22.0. The third-order valence-corrected chi connectivity index (χ3v) is 3.81. The number of rotatable bonds is 1. The Morgan fingerprint density at radius 3 is 2.68 bits per heavy atom. The number of nitrogens with one attached hydrogen (secondary N) is 1. The smallest absolute Gasteiger partial charge is 0.259 e. The first-order valence-electron chi connectivity index (χ1n) is 7.39. The second kappa shape index (κ2) is 5.53. The second-order valence-electron chi connectivity index (χ2n) is 5.85. The molecule has 0 bridgehead atoms. The highest BCUT2D eigenvalue weighted by Crippen LogP contribution is 2.14. The molecule has 0 aromatic carbocycles. The van der Waals surface area contributed by atoms with Gasteiger partial charge >= 0.3 is 0 Å². The first-order valence-corrected chi connectivity index (χ1v) is 7.39. The van der Waals surface area contributed by atoms with Gasteiger partial charge in [0, 0.05) is 25.0 Å². The lowest BCUT2D eigenvalue weighted by Crippen LogP contribution is -2.49. The van der Waals surface area contributed by atoms with Gasteiger partial charge in [0.2, 0.25) is 5.43 Å². The topological polar surface area (TPSA) is 75.3 Å². The minimum absolute atomic E-state index is 0.0310. The van der Waals surface area contributed by atoms with Crippen molar-refractivity contribution in [3.05, 3.63) is 39.8 Å². The summed E-state index contributed by atoms with van der Waals surface area (Å²) < 4.78 is 5.63. The summed E-state index contributed by atoms with van der Waals surface area (Å²) in [6, 6.07) is 3.47. The van der Waals surface area contributed by atoms with Crippen LogP contribution in [0.5, 0.6) is 0 Å². The van der Waals surface area contributed by atoms with Crippen LogP contribution in [0.15, 0.2) is 23.1 Å². The molecule has 0 aliphatic carbocycles. The number of hydrogen-bond acceptors (Lipinski definition) is 4. The summed E-state index contributed by atoms with van der Waals surface area (Å²) in [5.41, 5.74) is 1.20. The maximum absolute atomic E-state index is 12.7. The van der Waals surface area contributed by atoms with Crippen molar-refractivity contribution < 1.29 is 9.53 Å². The minimum Gasteiger partial charge on any atom is -0.372 e. The quantitative estimate of drug-likeness (QED) is 0.865. The number of carbonyl (C=O) groups is 1. The molecular weight excluding hydrogens is 282 g/mol. The number of aromatic amines is 1. The highest BCUT2D eigenvalue weighted by molar-refractivity contribution is 5.96. The molecule has 1 amide bonds. The summed E-state index contributed by atoms with van der Waals surface area (Å²) in [5, 5.41) is 0.436. The standard InChI is InChI=1S/C16H19N3O3/c1-9-4-5-12-14(20)13(6-17-15(12)18-9)16(21)19-7-10(2)22-11(3)8-19/h4-6,10-11H,7-8H2,1-3H3,(H,17,18,20). The van der Waals surface area contributed by atoms with Gasteiger partial charge in [-0.2, -0.15) is 0 Å². The fourth-order valence-corrected chi connectivity index (χ4v) is 2.87. The van der Waals surface area contributed by atoms with Gasteiger partial charge in [0.1, 0.15) is 11.2 Å². The fraction of sp³-hybridized carbons (Fsp3) is 0.438. The van der Waals surface area contributed by atoms with E-state index in [9.17, 15) is 9.59 Å². The highest BCUT2D eigenvalue weighted by Gasteiger charge is 2.28. The summed E-state index contributed by atoms with van der Waals surface area (Å²) in [6.45, 7) is 6.69. The highest BCUT2D eigenvalue weighted by atomic mass is 16.5. The van der Waals surface area contributed by atoms with Crippen molar-refractivity contribution in [1.82, 2.24) is 14.9 Å². The number of fused-ring (bicyclic) bond motifs is 1. The summed E-state index contributed by atoms with van der Waals surface area (Å²) in [4.78, 5) is 34.1. The lowest BCUT2D eigenvalue weighted by molar-refractivity contribution is -0.0586. The Kier molecular flexibility index (Phi) is 3.70. The van der Waals surface area contributed by atoms with Crippen molar-refractivity contribution in [2.24, 2.45) is 0 Å². The fourth-order valence-electron chi connectivity index (χ4n) is 2.87. The average Bonchev–Trinajstić information content (AvgIpc) is 2.45. The number of morpholine rings is 1. The van der Waals surface area contributed by atoms with Gasteiger partial charge in [-0.25, -0.2) is 4.98 Å². The minimum atomic E-state index is -0.280.